The number of nitrogens with zero attached hydrogens (tertiary/aromatic N) is 2. The maximum atomic E-state index is 12.1. The lowest BCUT2D eigenvalue weighted by molar-refractivity contribution is -0.0254. The summed E-state index contributed by atoms with van der Waals surface area (Å²) < 4.78 is 19.5. The van der Waals surface area contributed by atoms with Gasteiger partial charge in [0.2, 0.25) is 0 Å². The van der Waals surface area contributed by atoms with Crippen molar-refractivity contribution in [2.24, 2.45) is 11.8 Å². The highest BCUT2D eigenvalue weighted by atomic mass is 32.2. The molecule has 2 rings (SSSR count). The van der Waals surface area contributed by atoms with Crippen LogP contribution in [-0.4, -0.2) is 40.4 Å². The van der Waals surface area contributed by atoms with Gasteiger partial charge in [-0.1, -0.05) is 26.2 Å². The number of fused-ring (bicyclic) bond motifs is 1. The molecule has 18 heavy (non-hydrogen) atoms. The van der Waals surface area contributed by atoms with Gasteiger partial charge >= 0.3 is 0 Å². The predicted octanol–water partition coefficient (Wildman–Crippen LogP) is 2.35. The molecule has 1 aliphatic carbocycles. The maximum absolute atomic E-state index is 12.1. The average molecular weight is 274 g/mol. The summed E-state index contributed by atoms with van der Waals surface area (Å²) >= 11 is -1.29. The van der Waals surface area contributed by atoms with Crippen molar-refractivity contribution in [2.75, 3.05) is 26.7 Å². The van der Waals surface area contributed by atoms with Crippen molar-refractivity contribution in [1.82, 2.24) is 9.42 Å². The Labute approximate surface area is 113 Å². The molecule has 3 unspecified atom stereocenters. The van der Waals surface area contributed by atoms with E-state index in [1.54, 1.807) is 0 Å². The molecule has 0 N–H and O–H groups in total. The molecular formula is C13H26N2O2S. The molecule has 1 heterocycles. The fraction of sp³-hybridized carbons (Fsp3) is 1.00. The fourth-order valence-corrected chi connectivity index (χ4v) is 4.04. The average Bonchev–Trinajstić information content (AvgIpc) is 2.38. The first-order chi connectivity index (χ1) is 8.72. The molecule has 0 bridgehead atoms. The van der Waals surface area contributed by atoms with Crippen molar-refractivity contribution >= 4 is 11.3 Å². The van der Waals surface area contributed by atoms with E-state index in [0.717, 1.165) is 31.8 Å². The molecular weight excluding hydrogens is 248 g/mol. The van der Waals surface area contributed by atoms with Gasteiger partial charge in [-0.05, 0) is 31.1 Å². The Bertz CT molecular complexity index is 288. The number of hydrogen-bond donors (Lipinski definition) is 0. The third kappa shape index (κ3) is 3.53. The number of hydrogen-bond acceptors (Lipinski definition) is 3. The van der Waals surface area contributed by atoms with Crippen molar-refractivity contribution in [1.29, 1.82) is 0 Å². The summed E-state index contributed by atoms with van der Waals surface area (Å²) in [4.78, 5) is 0. The van der Waals surface area contributed by atoms with Crippen LogP contribution in [0.3, 0.4) is 0 Å². The van der Waals surface area contributed by atoms with Gasteiger partial charge in [0.1, 0.15) is 0 Å². The van der Waals surface area contributed by atoms with E-state index in [1.807, 2.05) is 11.5 Å². The van der Waals surface area contributed by atoms with Gasteiger partial charge < -0.3 is 0 Å². The largest absolute Gasteiger partial charge is 0.277 e. The molecule has 106 valence electrons. The van der Waals surface area contributed by atoms with Crippen molar-refractivity contribution in [3.63, 3.8) is 0 Å². The van der Waals surface area contributed by atoms with Gasteiger partial charge in [0.15, 0.2) is 0 Å². The minimum atomic E-state index is -1.29. The Morgan fingerprint density at radius 3 is 2.56 bits per heavy atom. The van der Waals surface area contributed by atoms with Crippen molar-refractivity contribution in [3.8, 4) is 0 Å². The molecule has 0 aromatic rings. The highest BCUT2D eigenvalue weighted by Crippen LogP contribution is 2.35. The van der Waals surface area contributed by atoms with Crippen LogP contribution in [0, 0.1) is 11.8 Å². The molecule has 5 heteroatoms. The molecule has 0 aromatic carbocycles. The second kappa shape index (κ2) is 6.98. The monoisotopic (exact) mass is 274 g/mol. The smallest absolute Gasteiger partial charge is 0.251 e. The third-order valence-electron chi connectivity index (χ3n) is 4.19. The molecule has 2 fully saturated rings. The topological polar surface area (TPSA) is 32.8 Å². The van der Waals surface area contributed by atoms with Gasteiger partial charge in [-0.15, -0.1) is 4.41 Å². The van der Waals surface area contributed by atoms with Crippen molar-refractivity contribution in [3.05, 3.63) is 0 Å². The van der Waals surface area contributed by atoms with Crippen LogP contribution in [0.25, 0.3) is 0 Å². The van der Waals surface area contributed by atoms with E-state index >= 15 is 0 Å². The summed E-state index contributed by atoms with van der Waals surface area (Å²) in [5.41, 5.74) is 0. The third-order valence-corrected chi connectivity index (χ3v) is 5.33. The van der Waals surface area contributed by atoms with Gasteiger partial charge in [0.05, 0.1) is 6.61 Å². The number of rotatable bonds is 5. The normalized spacial score (nSPS) is 32.1. The lowest BCUT2D eigenvalue weighted by Crippen LogP contribution is -2.53. The van der Waals surface area contributed by atoms with E-state index in [2.05, 4.69) is 11.9 Å². The summed E-state index contributed by atoms with van der Waals surface area (Å²) in [5, 5.41) is 2.11. The van der Waals surface area contributed by atoms with Gasteiger partial charge in [-0.3, -0.25) is 4.18 Å². The summed E-state index contributed by atoms with van der Waals surface area (Å²) in [6.07, 6.45) is 7.40. The standard InChI is InChI=1S/C13H26N2O2S/c1-3-4-9-17-18(16)15-11-13-8-6-5-7-12(13)10-14(15)2/h12-13H,3-11H2,1-2H3. The molecule has 0 radical (unpaired) electrons. The molecule has 3 atom stereocenters. The summed E-state index contributed by atoms with van der Waals surface area (Å²) in [6.45, 7) is 4.65. The number of hydrazine groups is 1. The quantitative estimate of drug-likeness (QED) is 0.722. The first kappa shape index (κ1) is 14.4. The van der Waals surface area contributed by atoms with Crippen LogP contribution in [0.1, 0.15) is 45.4 Å². The number of unbranched alkanes of at least 4 members (excludes halogenated alkanes) is 1. The SMILES string of the molecule is CCCCOS(=O)N1CC2CCCCC2CN1C. The van der Waals surface area contributed by atoms with E-state index in [-0.39, 0.29) is 0 Å². The fourth-order valence-electron chi connectivity index (χ4n) is 3.05. The van der Waals surface area contributed by atoms with Gasteiger partial charge in [-0.25, -0.2) is 9.22 Å². The van der Waals surface area contributed by atoms with Gasteiger partial charge in [0.25, 0.3) is 11.3 Å². The Morgan fingerprint density at radius 1 is 1.22 bits per heavy atom. The molecule has 4 nitrogen and oxygen atoms in total. The zero-order chi connectivity index (χ0) is 13.0. The van der Waals surface area contributed by atoms with Crippen LogP contribution < -0.4 is 0 Å². The minimum Gasteiger partial charge on any atom is -0.277 e. The summed E-state index contributed by atoms with van der Waals surface area (Å²) in [6, 6.07) is 0. The van der Waals surface area contributed by atoms with Crippen LogP contribution in [0.15, 0.2) is 0 Å². The molecule has 1 aliphatic heterocycles. The Hall–Kier alpha value is 0.0300. The van der Waals surface area contributed by atoms with E-state index < -0.39 is 11.3 Å². The minimum absolute atomic E-state index is 0.599. The second-order valence-corrected chi connectivity index (χ2v) is 6.66. The van der Waals surface area contributed by atoms with Crippen molar-refractivity contribution in [2.45, 2.75) is 45.4 Å². The molecule has 0 amide bonds. The zero-order valence-corrected chi connectivity index (χ0v) is 12.5. The highest BCUT2D eigenvalue weighted by Gasteiger charge is 2.36. The maximum Gasteiger partial charge on any atom is 0.251 e. The first-order valence-corrected chi connectivity index (χ1v) is 8.29. The molecule has 0 spiro atoms. The second-order valence-electron chi connectivity index (χ2n) is 5.57. The molecule has 1 saturated carbocycles. The van der Waals surface area contributed by atoms with Crippen molar-refractivity contribution < 1.29 is 8.39 Å². The Kier molecular flexibility index (Phi) is 5.60. The van der Waals surface area contributed by atoms with E-state index in [4.69, 9.17) is 4.18 Å². The van der Waals surface area contributed by atoms with E-state index in [1.165, 1.54) is 25.7 Å². The van der Waals surface area contributed by atoms with Crippen LogP contribution in [-0.2, 0) is 15.4 Å². The molecule has 1 saturated heterocycles. The summed E-state index contributed by atoms with van der Waals surface area (Å²) in [7, 11) is 2.03. The lowest BCUT2D eigenvalue weighted by atomic mass is 9.78. The highest BCUT2D eigenvalue weighted by molar-refractivity contribution is 7.77. The first-order valence-electron chi connectivity index (χ1n) is 7.26. The molecule has 2 aliphatic rings. The van der Waals surface area contributed by atoms with Gasteiger partial charge in [-0.2, -0.15) is 0 Å². The van der Waals surface area contributed by atoms with Crippen LogP contribution in [0.2, 0.25) is 0 Å². The lowest BCUT2D eigenvalue weighted by Gasteiger charge is -2.44. The Morgan fingerprint density at radius 2 is 1.89 bits per heavy atom. The van der Waals surface area contributed by atoms with Gasteiger partial charge in [0, 0.05) is 20.1 Å². The predicted molar refractivity (Wildman–Crippen MR) is 73.8 cm³/mol. The molecule has 0 aromatic heterocycles. The van der Waals surface area contributed by atoms with Crippen LogP contribution in [0.4, 0.5) is 0 Å². The van der Waals surface area contributed by atoms with Crippen LogP contribution >= 0.6 is 0 Å². The summed E-state index contributed by atoms with van der Waals surface area (Å²) in [5.74, 6) is 1.52. The van der Waals surface area contributed by atoms with E-state index in [0.29, 0.717) is 12.5 Å². The Balaban J connectivity index is 1.86. The van der Waals surface area contributed by atoms with E-state index in [9.17, 15) is 4.21 Å². The zero-order valence-electron chi connectivity index (χ0n) is 11.6. The van der Waals surface area contributed by atoms with Crippen LogP contribution in [0.5, 0.6) is 0 Å².